The minimum Gasteiger partial charge on any atom is -0.497 e. The van der Waals surface area contributed by atoms with Gasteiger partial charge in [0.25, 0.3) is 0 Å². The summed E-state index contributed by atoms with van der Waals surface area (Å²) in [6.45, 7) is 9.90. The summed E-state index contributed by atoms with van der Waals surface area (Å²) in [6.07, 6.45) is 6.38. The third kappa shape index (κ3) is 7.44. The number of aromatic nitrogens is 1. The lowest BCUT2D eigenvalue weighted by Crippen LogP contribution is -2.37. The second-order valence-corrected chi connectivity index (χ2v) is 10.4. The Balaban J connectivity index is 1.26. The molecule has 2 aromatic rings. The van der Waals surface area contributed by atoms with Crippen molar-refractivity contribution in [2.75, 3.05) is 26.2 Å². The molecule has 1 unspecified atom stereocenters. The molecule has 2 amide bonds. The van der Waals surface area contributed by atoms with Gasteiger partial charge in [-0.25, -0.2) is 15.2 Å². The zero-order valence-electron chi connectivity index (χ0n) is 22.6. The summed E-state index contributed by atoms with van der Waals surface area (Å²) in [5, 5.41) is 10.3. The largest absolute Gasteiger partial charge is 0.497 e. The summed E-state index contributed by atoms with van der Waals surface area (Å²) in [4.78, 5) is 28.0. The van der Waals surface area contributed by atoms with Crippen LogP contribution in [0.25, 0.3) is 16.7 Å². The average molecular weight is 524 g/mol. The maximum atomic E-state index is 11.7. The molecule has 0 radical (unpaired) electrons. The van der Waals surface area contributed by atoms with Crippen molar-refractivity contribution in [1.29, 1.82) is 0 Å². The molecule has 0 saturated carbocycles. The molecule has 2 aliphatic rings. The number of ether oxygens (including phenoxy) is 2. The quantitative estimate of drug-likeness (QED) is 0.397. The van der Waals surface area contributed by atoms with Crippen LogP contribution in [0, 0.1) is 5.92 Å². The highest BCUT2D eigenvalue weighted by Gasteiger charge is 2.25. The fourth-order valence-electron chi connectivity index (χ4n) is 4.30. The minimum atomic E-state index is -0.498. The number of oxazole rings is 1. The van der Waals surface area contributed by atoms with Crippen molar-refractivity contribution in [1.82, 2.24) is 21.0 Å². The molecule has 0 fully saturated rings. The van der Waals surface area contributed by atoms with Crippen LogP contribution in [0.4, 0.5) is 4.79 Å². The van der Waals surface area contributed by atoms with Gasteiger partial charge in [0.2, 0.25) is 11.8 Å². The number of amides is 2. The molecule has 1 atom stereocenters. The molecule has 0 spiro atoms. The molecule has 38 heavy (non-hydrogen) atoms. The standard InChI is InChI=1S/C28H37N5O5/c1-5-18-17-24(34)32-33-25(18)20-8-11-22-23(16-20)37-26(31-22)19-6-9-21(10-7-19)36-15-14-29-12-13-30-27(35)38-28(2,3)4/h6,8-9,11,16,18,29H,5,7,10,12-15,17H2,1-4H3,(H,30,35)(H,32,34). The van der Waals surface area contributed by atoms with Gasteiger partial charge in [0.05, 0.1) is 11.5 Å². The van der Waals surface area contributed by atoms with E-state index in [2.05, 4.69) is 33.1 Å². The van der Waals surface area contributed by atoms with Crippen LogP contribution < -0.4 is 16.1 Å². The first kappa shape index (κ1) is 27.4. The fourth-order valence-corrected chi connectivity index (χ4v) is 4.30. The summed E-state index contributed by atoms with van der Waals surface area (Å²) >= 11 is 0. The highest BCUT2D eigenvalue weighted by atomic mass is 16.6. The third-order valence-corrected chi connectivity index (χ3v) is 6.22. The molecule has 1 aromatic heterocycles. The van der Waals surface area contributed by atoms with E-state index < -0.39 is 11.7 Å². The van der Waals surface area contributed by atoms with Gasteiger partial charge in [0.1, 0.15) is 17.7 Å². The summed E-state index contributed by atoms with van der Waals surface area (Å²) < 4.78 is 17.2. The van der Waals surface area contributed by atoms with Crippen molar-refractivity contribution < 1.29 is 23.5 Å². The molecule has 0 bridgehead atoms. The van der Waals surface area contributed by atoms with Crippen LogP contribution in [0.5, 0.6) is 0 Å². The number of rotatable bonds is 10. The van der Waals surface area contributed by atoms with Crippen molar-refractivity contribution in [3.63, 3.8) is 0 Å². The van der Waals surface area contributed by atoms with Crippen LogP contribution in [-0.2, 0) is 14.3 Å². The number of hydrogen-bond acceptors (Lipinski definition) is 8. The zero-order valence-corrected chi connectivity index (χ0v) is 22.6. The van der Waals surface area contributed by atoms with E-state index in [1.165, 1.54) is 0 Å². The molecular weight excluding hydrogens is 486 g/mol. The molecule has 10 heteroatoms. The average Bonchev–Trinajstić information content (AvgIpc) is 3.31. The maximum Gasteiger partial charge on any atom is 0.407 e. The summed E-state index contributed by atoms with van der Waals surface area (Å²) in [7, 11) is 0. The van der Waals surface area contributed by atoms with E-state index in [1.54, 1.807) is 0 Å². The number of hydrazone groups is 1. The molecule has 3 N–H and O–H groups in total. The number of benzene rings is 1. The number of fused-ring (bicyclic) bond motifs is 1. The van der Waals surface area contributed by atoms with Crippen molar-refractivity contribution >= 4 is 34.4 Å². The van der Waals surface area contributed by atoms with Crippen LogP contribution in [-0.4, -0.2) is 54.5 Å². The number of allylic oxidation sites excluding steroid dienone is 4. The topological polar surface area (TPSA) is 127 Å². The smallest absolute Gasteiger partial charge is 0.407 e. The van der Waals surface area contributed by atoms with Gasteiger partial charge in [-0.05, 0) is 51.8 Å². The highest BCUT2D eigenvalue weighted by molar-refractivity contribution is 6.07. The van der Waals surface area contributed by atoms with Crippen LogP contribution in [0.15, 0.2) is 45.6 Å². The van der Waals surface area contributed by atoms with E-state index >= 15 is 0 Å². The lowest BCUT2D eigenvalue weighted by atomic mass is 9.90. The SMILES string of the molecule is CCC1CC(=O)NN=C1c1ccc2nc(C3=CC=C(OCCNCCNC(=O)OC(C)(C)C)CC3)oc2c1. The molecule has 1 aromatic carbocycles. The van der Waals surface area contributed by atoms with E-state index in [0.717, 1.165) is 47.4 Å². The number of nitrogens with zero attached hydrogens (tertiary/aromatic N) is 2. The number of hydrogen-bond donors (Lipinski definition) is 3. The Morgan fingerprint density at radius 2 is 2.03 bits per heavy atom. The van der Waals surface area contributed by atoms with Gasteiger partial charge in [-0.15, -0.1) is 0 Å². The zero-order chi connectivity index (χ0) is 27.1. The predicted molar refractivity (Wildman–Crippen MR) is 145 cm³/mol. The summed E-state index contributed by atoms with van der Waals surface area (Å²) in [5.74, 6) is 1.58. The van der Waals surface area contributed by atoms with E-state index in [9.17, 15) is 9.59 Å². The van der Waals surface area contributed by atoms with Crippen LogP contribution in [0.3, 0.4) is 0 Å². The third-order valence-electron chi connectivity index (χ3n) is 6.22. The Hall–Kier alpha value is -3.66. The van der Waals surface area contributed by atoms with Crippen LogP contribution in [0.1, 0.15) is 64.8 Å². The minimum absolute atomic E-state index is 0.0480. The van der Waals surface area contributed by atoms with Crippen molar-refractivity contribution in [2.45, 2.75) is 59.0 Å². The number of carbonyl (C=O) groups is 2. The fraction of sp³-hybridized carbons (Fsp3) is 0.500. The first-order chi connectivity index (χ1) is 18.2. The van der Waals surface area contributed by atoms with E-state index in [1.807, 2.05) is 51.1 Å². The first-order valence-corrected chi connectivity index (χ1v) is 13.2. The van der Waals surface area contributed by atoms with Gasteiger partial charge in [-0.3, -0.25) is 4.79 Å². The molecule has 1 aliphatic heterocycles. The van der Waals surface area contributed by atoms with E-state index in [-0.39, 0.29) is 11.8 Å². The van der Waals surface area contributed by atoms with Gasteiger partial charge in [0, 0.05) is 49.5 Å². The Labute approximate surface area is 222 Å². The highest BCUT2D eigenvalue weighted by Crippen LogP contribution is 2.30. The molecular formula is C28H37N5O5. The van der Waals surface area contributed by atoms with Crippen molar-refractivity contribution in [3.05, 3.63) is 47.6 Å². The second-order valence-electron chi connectivity index (χ2n) is 10.4. The van der Waals surface area contributed by atoms with Crippen LogP contribution in [0.2, 0.25) is 0 Å². The van der Waals surface area contributed by atoms with Gasteiger partial charge in [-0.1, -0.05) is 19.1 Å². The Kier molecular flexibility index (Phi) is 8.83. The number of alkyl carbamates (subject to hydrolysis) is 1. The molecule has 4 rings (SSSR count). The maximum absolute atomic E-state index is 11.7. The molecule has 2 heterocycles. The Morgan fingerprint density at radius 1 is 1.18 bits per heavy atom. The monoisotopic (exact) mass is 523 g/mol. The van der Waals surface area contributed by atoms with Gasteiger partial charge in [0.15, 0.2) is 5.58 Å². The van der Waals surface area contributed by atoms with Crippen molar-refractivity contribution in [2.24, 2.45) is 11.0 Å². The Morgan fingerprint density at radius 3 is 2.76 bits per heavy atom. The summed E-state index contributed by atoms with van der Waals surface area (Å²) in [5.41, 5.74) is 6.42. The number of carbonyl (C=O) groups excluding carboxylic acids is 2. The van der Waals surface area contributed by atoms with Gasteiger partial charge >= 0.3 is 6.09 Å². The second kappa shape index (κ2) is 12.3. The molecule has 204 valence electrons. The van der Waals surface area contributed by atoms with Crippen LogP contribution >= 0.6 is 0 Å². The number of nitrogens with one attached hydrogen (secondary N) is 3. The lowest BCUT2D eigenvalue weighted by molar-refractivity contribution is -0.122. The van der Waals surface area contributed by atoms with E-state index in [4.69, 9.17) is 13.9 Å². The summed E-state index contributed by atoms with van der Waals surface area (Å²) in [6, 6.07) is 5.87. The molecule has 10 nitrogen and oxygen atoms in total. The predicted octanol–water partition coefficient (Wildman–Crippen LogP) is 4.27. The molecule has 1 aliphatic carbocycles. The Bertz CT molecular complexity index is 1250. The van der Waals surface area contributed by atoms with Gasteiger partial charge < -0.3 is 24.5 Å². The normalized spacial score (nSPS) is 17.8. The first-order valence-electron chi connectivity index (χ1n) is 13.2. The van der Waals surface area contributed by atoms with Gasteiger partial charge in [-0.2, -0.15) is 5.10 Å². The van der Waals surface area contributed by atoms with Crippen molar-refractivity contribution in [3.8, 4) is 0 Å². The van der Waals surface area contributed by atoms with E-state index in [0.29, 0.717) is 44.1 Å². The molecule has 0 saturated heterocycles. The lowest BCUT2D eigenvalue weighted by Gasteiger charge is -2.21.